The molecule has 0 radical (unpaired) electrons. The van der Waals surface area contributed by atoms with Gasteiger partial charge < -0.3 is 5.32 Å². The highest BCUT2D eigenvalue weighted by Gasteiger charge is 2.11. The Labute approximate surface area is 122 Å². The average molecular weight is 278 g/mol. The van der Waals surface area contributed by atoms with Gasteiger partial charge in [0.15, 0.2) is 0 Å². The van der Waals surface area contributed by atoms with Crippen molar-refractivity contribution in [3.8, 4) is 11.3 Å². The van der Waals surface area contributed by atoms with E-state index in [1.54, 1.807) is 36.3 Å². The van der Waals surface area contributed by atoms with E-state index in [0.29, 0.717) is 11.4 Å². The van der Waals surface area contributed by atoms with Gasteiger partial charge in [-0.05, 0) is 24.3 Å². The van der Waals surface area contributed by atoms with Crippen LogP contribution in [0.5, 0.6) is 0 Å². The highest BCUT2D eigenvalue weighted by atomic mass is 16.1. The molecular formula is C16H14N4O. The fourth-order valence-corrected chi connectivity index (χ4v) is 2.03. The van der Waals surface area contributed by atoms with Gasteiger partial charge in [0.2, 0.25) is 0 Å². The van der Waals surface area contributed by atoms with E-state index < -0.39 is 0 Å². The summed E-state index contributed by atoms with van der Waals surface area (Å²) >= 11 is 0. The second-order valence-corrected chi connectivity index (χ2v) is 4.59. The van der Waals surface area contributed by atoms with Crippen molar-refractivity contribution in [3.63, 3.8) is 0 Å². The van der Waals surface area contributed by atoms with E-state index in [-0.39, 0.29) is 5.91 Å². The molecule has 0 unspecified atom stereocenters. The first-order chi connectivity index (χ1) is 10.2. The molecule has 0 atom stereocenters. The van der Waals surface area contributed by atoms with Gasteiger partial charge in [-0.2, -0.15) is 5.10 Å². The lowest BCUT2D eigenvalue weighted by Crippen LogP contribution is -2.14. The van der Waals surface area contributed by atoms with E-state index in [1.807, 2.05) is 36.4 Å². The van der Waals surface area contributed by atoms with Crippen LogP contribution in [0.4, 0.5) is 5.82 Å². The van der Waals surface area contributed by atoms with Crippen molar-refractivity contribution in [2.75, 3.05) is 5.32 Å². The third-order valence-electron chi connectivity index (χ3n) is 3.13. The molecule has 0 bridgehead atoms. The van der Waals surface area contributed by atoms with E-state index in [4.69, 9.17) is 0 Å². The molecule has 3 aromatic rings. The van der Waals surface area contributed by atoms with Gasteiger partial charge in [-0.3, -0.25) is 14.5 Å². The molecule has 21 heavy (non-hydrogen) atoms. The van der Waals surface area contributed by atoms with Crippen LogP contribution in [0.15, 0.2) is 60.9 Å². The molecule has 1 aromatic carbocycles. The number of hydrogen-bond donors (Lipinski definition) is 1. The van der Waals surface area contributed by atoms with Crippen molar-refractivity contribution in [1.82, 2.24) is 14.8 Å². The van der Waals surface area contributed by atoms with Crippen LogP contribution in [0, 0.1) is 0 Å². The van der Waals surface area contributed by atoms with Crippen LogP contribution >= 0.6 is 0 Å². The molecule has 0 aliphatic rings. The van der Waals surface area contributed by atoms with E-state index in [9.17, 15) is 4.79 Å². The molecule has 0 spiro atoms. The minimum absolute atomic E-state index is 0.153. The van der Waals surface area contributed by atoms with Crippen LogP contribution in [-0.4, -0.2) is 20.7 Å². The predicted octanol–water partition coefficient (Wildman–Crippen LogP) is 2.73. The molecular weight excluding hydrogens is 264 g/mol. The molecule has 5 heteroatoms. The normalized spacial score (nSPS) is 10.3. The summed E-state index contributed by atoms with van der Waals surface area (Å²) in [6.45, 7) is 0. The van der Waals surface area contributed by atoms with Gasteiger partial charge in [-0.1, -0.05) is 18.2 Å². The predicted molar refractivity (Wildman–Crippen MR) is 80.8 cm³/mol. The first kappa shape index (κ1) is 13.1. The highest BCUT2D eigenvalue weighted by molar-refractivity contribution is 6.04. The van der Waals surface area contributed by atoms with Gasteiger partial charge >= 0.3 is 0 Å². The molecule has 3 rings (SSSR count). The number of nitrogens with one attached hydrogen (secondary N) is 1. The lowest BCUT2D eigenvalue weighted by molar-refractivity contribution is 0.102. The Bertz CT molecular complexity index is 750. The number of hydrogen-bond acceptors (Lipinski definition) is 3. The Morgan fingerprint density at radius 2 is 1.81 bits per heavy atom. The van der Waals surface area contributed by atoms with Crippen LogP contribution in [0.2, 0.25) is 0 Å². The number of aryl methyl sites for hydroxylation is 1. The summed E-state index contributed by atoms with van der Waals surface area (Å²) in [4.78, 5) is 16.1. The van der Waals surface area contributed by atoms with Crippen LogP contribution < -0.4 is 5.32 Å². The summed E-state index contributed by atoms with van der Waals surface area (Å²) in [5.74, 6) is 0.496. The van der Waals surface area contributed by atoms with Crippen molar-refractivity contribution in [1.29, 1.82) is 0 Å². The summed E-state index contributed by atoms with van der Waals surface area (Å²) in [5, 5.41) is 7.26. The maximum Gasteiger partial charge on any atom is 0.256 e. The molecule has 1 N–H and O–H groups in total. The van der Waals surface area contributed by atoms with Crippen LogP contribution in [0.25, 0.3) is 11.3 Å². The number of carbonyl (C=O) groups excluding carboxylic acids is 1. The second kappa shape index (κ2) is 5.58. The molecule has 5 nitrogen and oxygen atoms in total. The van der Waals surface area contributed by atoms with Crippen LogP contribution in [0.3, 0.4) is 0 Å². The largest absolute Gasteiger partial charge is 0.307 e. The number of anilines is 1. The average Bonchev–Trinajstić information content (AvgIpc) is 2.90. The fraction of sp³-hybridized carbons (Fsp3) is 0.0625. The van der Waals surface area contributed by atoms with Gasteiger partial charge in [0.05, 0.1) is 5.69 Å². The van der Waals surface area contributed by atoms with Crippen LogP contribution in [-0.2, 0) is 7.05 Å². The van der Waals surface area contributed by atoms with Crippen molar-refractivity contribution >= 4 is 11.7 Å². The number of carbonyl (C=O) groups is 1. The summed E-state index contributed by atoms with van der Waals surface area (Å²) < 4.78 is 1.65. The maximum absolute atomic E-state index is 12.1. The van der Waals surface area contributed by atoms with Crippen molar-refractivity contribution in [2.24, 2.45) is 7.05 Å². The Kier molecular flexibility index (Phi) is 3.47. The monoisotopic (exact) mass is 278 g/mol. The Balaban J connectivity index is 1.84. The zero-order valence-corrected chi connectivity index (χ0v) is 11.5. The SMILES string of the molecule is Cn1nc(-c2ccncc2)cc1NC(=O)c1ccccc1. The smallest absolute Gasteiger partial charge is 0.256 e. The molecule has 0 saturated heterocycles. The van der Waals surface area contributed by atoms with Gasteiger partial charge in [0.1, 0.15) is 5.82 Å². The zero-order valence-electron chi connectivity index (χ0n) is 11.5. The number of aromatic nitrogens is 3. The summed E-state index contributed by atoms with van der Waals surface area (Å²) in [6.07, 6.45) is 3.43. The lowest BCUT2D eigenvalue weighted by atomic mass is 10.2. The molecule has 2 heterocycles. The summed E-state index contributed by atoms with van der Waals surface area (Å²) in [5.41, 5.74) is 2.37. The van der Waals surface area contributed by atoms with Gasteiger partial charge in [-0.25, -0.2) is 0 Å². The summed E-state index contributed by atoms with van der Waals surface area (Å²) in [6, 6.07) is 14.7. The van der Waals surface area contributed by atoms with Gasteiger partial charge in [0, 0.05) is 36.6 Å². The Morgan fingerprint density at radius 1 is 1.10 bits per heavy atom. The van der Waals surface area contributed by atoms with Crippen LogP contribution in [0.1, 0.15) is 10.4 Å². The molecule has 0 fully saturated rings. The number of nitrogens with zero attached hydrogens (tertiary/aromatic N) is 3. The number of benzene rings is 1. The van der Waals surface area contributed by atoms with E-state index >= 15 is 0 Å². The number of amides is 1. The quantitative estimate of drug-likeness (QED) is 0.801. The zero-order chi connectivity index (χ0) is 14.7. The third-order valence-corrected chi connectivity index (χ3v) is 3.13. The minimum atomic E-state index is -0.153. The first-order valence-corrected chi connectivity index (χ1v) is 6.55. The molecule has 0 aliphatic carbocycles. The number of rotatable bonds is 3. The van der Waals surface area contributed by atoms with E-state index in [0.717, 1.165) is 11.3 Å². The van der Waals surface area contributed by atoms with E-state index in [2.05, 4.69) is 15.4 Å². The van der Waals surface area contributed by atoms with Crippen molar-refractivity contribution in [3.05, 3.63) is 66.5 Å². The van der Waals surface area contributed by atoms with Crippen molar-refractivity contribution in [2.45, 2.75) is 0 Å². The molecule has 104 valence electrons. The Morgan fingerprint density at radius 3 is 2.52 bits per heavy atom. The fourth-order valence-electron chi connectivity index (χ4n) is 2.03. The third kappa shape index (κ3) is 2.81. The lowest BCUT2D eigenvalue weighted by Gasteiger charge is -2.04. The molecule has 0 saturated carbocycles. The maximum atomic E-state index is 12.1. The molecule has 1 amide bonds. The minimum Gasteiger partial charge on any atom is -0.307 e. The van der Waals surface area contributed by atoms with E-state index in [1.165, 1.54) is 0 Å². The standard InChI is InChI=1S/C16H14N4O/c1-20-15(18-16(21)13-5-3-2-4-6-13)11-14(19-20)12-7-9-17-10-8-12/h2-11H,1H3,(H,18,21). The second-order valence-electron chi connectivity index (χ2n) is 4.59. The number of pyridine rings is 1. The molecule has 2 aromatic heterocycles. The Hall–Kier alpha value is -2.95. The van der Waals surface area contributed by atoms with Gasteiger partial charge in [0.25, 0.3) is 5.91 Å². The summed E-state index contributed by atoms with van der Waals surface area (Å²) in [7, 11) is 1.80. The first-order valence-electron chi connectivity index (χ1n) is 6.55. The highest BCUT2D eigenvalue weighted by Crippen LogP contribution is 2.20. The molecule has 0 aliphatic heterocycles. The van der Waals surface area contributed by atoms with Crippen molar-refractivity contribution < 1.29 is 4.79 Å². The topological polar surface area (TPSA) is 59.8 Å². The van der Waals surface area contributed by atoms with Gasteiger partial charge in [-0.15, -0.1) is 0 Å².